The Balaban J connectivity index is 2.19. The molecule has 1 aromatic carbocycles. The molecule has 1 aromatic heterocycles. The summed E-state index contributed by atoms with van der Waals surface area (Å²) in [6.45, 7) is 6.16. The average Bonchev–Trinajstić information content (AvgIpc) is 2.77. The van der Waals surface area contributed by atoms with Crippen molar-refractivity contribution >= 4 is 22.6 Å². The van der Waals surface area contributed by atoms with E-state index in [1.165, 1.54) is 12.1 Å². The molecular weight excluding hydrogens is 279 g/mol. The molecule has 1 unspecified atom stereocenters. The Morgan fingerprint density at radius 2 is 2.20 bits per heavy atom. The van der Waals surface area contributed by atoms with Gasteiger partial charge in [-0.25, -0.2) is 9.37 Å². The average molecular weight is 299 g/mol. The number of rotatable bonds is 7. The van der Waals surface area contributed by atoms with Gasteiger partial charge in [0, 0.05) is 19.8 Å². The van der Waals surface area contributed by atoms with Crippen LogP contribution < -0.4 is 0 Å². The summed E-state index contributed by atoms with van der Waals surface area (Å²) in [5.74, 6) is 0.525. The van der Waals surface area contributed by atoms with Gasteiger partial charge < -0.3 is 9.30 Å². The first-order valence-electron chi connectivity index (χ1n) is 7.01. The molecule has 1 atom stereocenters. The highest BCUT2D eigenvalue weighted by molar-refractivity contribution is 6.20. The molecule has 2 aromatic rings. The number of halogens is 2. The summed E-state index contributed by atoms with van der Waals surface area (Å²) in [6, 6.07) is 4.63. The molecule has 2 rings (SSSR count). The summed E-state index contributed by atoms with van der Waals surface area (Å²) >= 11 is 6.17. The molecule has 0 saturated heterocycles. The van der Waals surface area contributed by atoms with Crippen molar-refractivity contribution in [2.24, 2.45) is 0 Å². The van der Waals surface area contributed by atoms with Crippen LogP contribution >= 0.6 is 11.6 Å². The summed E-state index contributed by atoms with van der Waals surface area (Å²) < 4.78 is 20.9. The van der Waals surface area contributed by atoms with E-state index < -0.39 is 0 Å². The fourth-order valence-corrected chi connectivity index (χ4v) is 2.39. The van der Waals surface area contributed by atoms with Crippen LogP contribution in [0.5, 0.6) is 0 Å². The van der Waals surface area contributed by atoms with Gasteiger partial charge in [-0.3, -0.25) is 0 Å². The van der Waals surface area contributed by atoms with E-state index in [1.54, 1.807) is 6.07 Å². The van der Waals surface area contributed by atoms with Gasteiger partial charge in [0.25, 0.3) is 0 Å². The molecule has 0 aliphatic heterocycles. The van der Waals surface area contributed by atoms with E-state index in [2.05, 4.69) is 11.9 Å². The molecule has 0 N–H and O–H groups in total. The molecular formula is C15H20ClFN2O. The summed E-state index contributed by atoms with van der Waals surface area (Å²) in [4.78, 5) is 4.49. The van der Waals surface area contributed by atoms with Crippen molar-refractivity contribution < 1.29 is 9.13 Å². The minimum atomic E-state index is -0.255. The van der Waals surface area contributed by atoms with Crippen molar-refractivity contribution in [1.29, 1.82) is 0 Å². The summed E-state index contributed by atoms with van der Waals surface area (Å²) in [7, 11) is 0. The number of alkyl halides is 1. The number of hydrogen-bond acceptors (Lipinski definition) is 2. The second kappa shape index (κ2) is 7.04. The lowest BCUT2D eigenvalue weighted by Crippen LogP contribution is -2.07. The van der Waals surface area contributed by atoms with Crippen LogP contribution in [0.3, 0.4) is 0 Å². The van der Waals surface area contributed by atoms with Crippen LogP contribution in [-0.4, -0.2) is 22.8 Å². The van der Waals surface area contributed by atoms with E-state index in [1.807, 2.05) is 11.5 Å². The van der Waals surface area contributed by atoms with Crippen LogP contribution in [0, 0.1) is 5.82 Å². The Labute approximate surface area is 123 Å². The van der Waals surface area contributed by atoms with Gasteiger partial charge in [0.1, 0.15) is 11.6 Å². The minimum Gasteiger partial charge on any atom is -0.381 e. The SMILES string of the molecule is CCCOCCCn1c(C(C)Cl)nc2ccc(F)cc21. The van der Waals surface area contributed by atoms with Gasteiger partial charge in [-0.2, -0.15) is 0 Å². The molecule has 0 spiro atoms. The zero-order valence-corrected chi connectivity index (χ0v) is 12.7. The minimum absolute atomic E-state index is 0.206. The fourth-order valence-electron chi connectivity index (χ4n) is 2.22. The van der Waals surface area contributed by atoms with Crippen molar-refractivity contribution in [3.63, 3.8) is 0 Å². The lowest BCUT2D eigenvalue weighted by Gasteiger charge is -2.10. The second-order valence-electron chi connectivity index (χ2n) is 4.84. The summed E-state index contributed by atoms with van der Waals surface area (Å²) in [5, 5.41) is -0.206. The van der Waals surface area contributed by atoms with Gasteiger partial charge in [0.2, 0.25) is 0 Å². The van der Waals surface area contributed by atoms with Crippen LogP contribution in [0.1, 0.15) is 37.9 Å². The van der Waals surface area contributed by atoms with Crippen LogP contribution in [0.2, 0.25) is 0 Å². The number of fused-ring (bicyclic) bond motifs is 1. The normalized spacial score (nSPS) is 13.0. The monoisotopic (exact) mass is 298 g/mol. The maximum atomic E-state index is 13.4. The van der Waals surface area contributed by atoms with Gasteiger partial charge in [-0.05, 0) is 38.0 Å². The highest BCUT2D eigenvalue weighted by Gasteiger charge is 2.15. The Bertz CT molecular complexity index is 568. The first kappa shape index (κ1) is 15.3. The molecule has 20 heavy (non-hydrogen) atoms. The quantitative estimate of drug-likeness (QED) is 0.563. The van der Waals surface area contributed by atoms with Gasteiger partial charge in [-0.15, -0.1) is 11.6 Å². The number of benzene rings is 1. The van der Waals surface area contributed by atoms with Crippen molar-refractivity contribution in [3.05, 3.63) is 29.8 Å². The maximum Gasteiger partial charge on any atom is 0.127 e. The van der Waals surface area contributed by atoms with Crippen molar-refractivity contribution in [2.75, 3.05) is 13.2 Å². The highest BCUT2D eigenvalue weighted by atomic mass is 35.5. The maximum absolute atomic E-state index is 13.4. The van der Waals surface area contributed by atoms with Gasteiger partial charge in [0.05, 0.1) is 16.4 Å². The van der Waals surface area contributed by atoms with E-state index in [4.69, 9.17) is 16.3 Å². The van der Waals surface area contributed by atoms with Crippen molar-refractivity contribution in [2.45, 2.75) is 38.6 Å². The Kier molecular flexibility index (Phi) is 5.38. The molecule has 0 fully saturated rings. The molecule has 5 heteroatoms. The van der Waals surface area contributed by atoms with Crippen LogP contribution in [0.15, 0.2) is 18.2 Å². The Morgan fingerprint density at radius 1 is 1.40 bits per heavy atom. The van der Waals surface area contributed by atoms with E-state index in [0.717, 1.165) is 42.9 Å². The first-order chi connectivity index (χ1) is 9.63. The largest absolute Gasteiger partial charge is 0.381 e. The molecule has 0 aliphatic carbocycles. The van der Waals surface area contributed by atoms with E-state index in [9.17, 15) is 4.39 Å². The third-order valence-electron chi connectivity index (χ3n) is 3.11. The molecule has 0 saturated carbocycles. The number of hydrogen-bond donors (Lipinski definition) is 0. The lowest BCUT2D eigenvalue weighted by molar-refractivity contribution is 0.129. The summed E-state index contributed by atoms with van der Waals surface area (Å²) in [5.41, 5.74) is 1.58. The smallest absolute Gasteiger partial charge is 0.127 e. The Morgan fingerprint density at radius 3 is 2.90 bits per heavy atom. The lowest BCUT2D eigenvalue weighted by atomic mass is 10.3. The van der Waals surface area contributed by atoms with Crippen LogP contribution in [-0.2, 0) is 11.3 Å². The molecule has 3 nitrogen and oxygen atoms in total. The van der Waals surface area contributed by atoms with E-state index >= 15 is 0 Å². The van der Waals surface area contributed by atoms with E-state index in [0.29, 0.717) is 6.61 Å². The topological polar surface area (TPSA) is 27.1 Å². The highest BCUT2D eigenvalue weighted by Crippen LogP contribution is 2.25. The van der Waals surface area contributed by atoms with Crippen LogP contribution in [0.4, 0.5) is 4.39 Å². The zero-order valence-electron chi connectivity index (χ0n) is 11.9. The molecule has 0 aliphatic rings. The second-order valence-corrected chi connectivity index (χ2v) is 5.49. The third kappa shape index (κ3) is 3.49. The van der Waals surface area contributed by atoms with Gasteiger partial charge >= 0.3 is 0 Å². The fraction of sp³-hybridized carbons (Fsp3) is 0.533. The zero-order chi connectivity index (χ0) is 14.5. The number of aromatic nitrogens is 2. The number of aryl methyl sites for hydroxylation is 1. The van der Waals surface area contributed by atoms with Crippen molar-refractivity contribution in [1.82, 2.24) is 9.55 Å². The van der Waals surface area contributed by atoms with Gasteiger partial charge in [-0.1, -0.05) is 6.92 Å². The standard InChI is InChI=1S/C15H20ClFN2O/c1-3-8-20-9-4-7-19-14-10-12(17)5-6-13(14)18-15(19)11(2)16/h5-6,10-11H,3-4,7-9H2,1-2H3. The first-order valence-corrected chi connectivity index (χ1v) is 7.44. The molecule has 0 bridgehead atoms. The van der Waals surface area contributed by atoms with Crippen LogP contribution in [0.25, 0.3) is 11.0 Å². The van der Waals surface area contributed by atoms with Gasteiger partial charge in [0.15, 0.2) is 0 Å². The Hall–Kier alpha value is -1.13. The number of imidazole rings is 1. The predicted molar refractivity (Wildman–Crippen MR) is 79.7 cm³/mol. The number of nitrogens with zero attached hydrogens (tertiary/aromatic N) is 2. The molecule has 1 heterocycles. The van der Waals surface area contributed by atoms with E-state index in [-0.39, 0.29) is 11.2 Å². The molecule has 0 amide bonds. The van der Waals surface area contributed by atoms with Crippen molar-refractivity contribution in [3.8, 4) is 0 Å². The predicted octanol–water partition coefficient (Wildman–Crippen LogP) is 4.29. The number of ether oxygens (including phenoxy) is 1. The third-order valence-corrected chi connectivity index (χ3v) is 3.31. The summed E-state index contributed by atoms with van der Waals surface area (Å²) in [6.07, 6.45) is 1.88. The molecule has 0 radical (unpaired) electrons. The molecule has 110 valence electrons.